The maximum Gasteiger partial charge on any atom is 0.315 e. The number of hydrogen-bond donors (Lipinski definition) is 3. The van der Waals surface area contributed by atoms with Crippen molar-refractivity contribution in [3.05, 3.63) is 89.7 Å². The van der Waals surface area contributed by atoms with Gasteiger partial charge in [-0.05, 0) is 49.2 Å². The lowest BCUT2D eigenvalue weighted by atomic mass is 10.1. The van der Waals surface area contributed by atoms with Crippen LogP contribution in [0, 0.1) is 0 Å². The third kappa shape index (κ3) is 5.63. The molecule has 0 bridgehead atoms. The van der Waals surface area contributed by atoms with Crippen molar-refractivity contribution in [3.63, 3.8) is 0 Å². The number of ether oxygens (including phenoxy) is 2. The zero-order valence-electron chi connectivity index (χ0n) is 18.8. The number of nitrogens with one attached hydrogen (secondary N) is 3. The van der Waals surface area contributed by atoms with Gasteiger partial charge in [-0.2, -0.15) is 0 Å². The molecule has 3 N–H and O–H groups in total. The Morgan fingerprint density at radius 3 is 2.55 bits per heavy atom. The van der Waals surface area contributed by atoms with Crippen molar-refractivity contribution in [1.82, 2.24) is 20.6 Å². The first-order chi connectivity index (χ1) is 16.2. The van der Waals surface area contributed by atoms with Gasteiger partial charge in [0.1, 0.15) is 17.3 Å². The van der Waals surface area contributed by atoms with E-state index in [-0.39, 0.29) is 12.1 Å². The van der Waals surface area contributed by atoms with Crippen molar-refractivity contribution >= 4 is 17.1 Å². The lowest BCUT2D eigenvalue weighted by Gasteiger charge is -2.18. The van der Waals surface area contributed by atoms with E-state index in [1.54, 1.807) is 7.11 Å². The topological polar surface area (TPSA) is 88.3 Å². The molecular formula is C26H28N4O3. The van der Waals surface area contributed by atoms with E-state index < -0.39 is 0 Å². The summed E-state index contributed by atoms with van der Waals surface area (Å²) in [7, 11) is 1.64. The number of carbonyl (C=O) groups excluding carboxylic acids is 1. The third-order valence-corrected chi connectivity index (χ3v) is 5.35. The van der Waals surface area contributed by atoms with E-state index in [0.29, 0.717) is 25.4 Å². The first kappa shape index (κ1) is 22.2. The largest absolute Gasteiger partial charge is 0.497 e. The summed E-state index contributed by atoms with van der Waals surface area (Å²) < 4.78 is 10.9. The molecule has 0 aliphatic carbocycles. The Bertz CT molecular complexity index is 1170. The first-order valence-corrected chi connectivity index (χ1v) is 11.0. The summed E-state index contributed by atoms with van der Waals surface area (Å²) in [4.78, 5) is 20.9. The van der Waals surface area contributed by atoms with E-state index >= 15 is 0 Å². The van der Waals surface area contributed by atoms with Crippen molar-refractivity contribution in [1.29, 1.82) is 0 Å². The standard InChI is InChI=1S/C26H28N4O3/c1-3-33-24-11-7-4-8-19(24)17-27-26(31)30-23(16-18-12-14-20(32-2)15-13-18)25-28-21-9-5-6-10-22(21)29-25/h4-15,23H,3,16-17H2,1-2H3,(H,28,29)(H2,27,30,31)/t23-/m1/s1. The summed E-state index contributed by atoms with van der Waals surface area (Å²) in [5.41, 5.74) is 3.77. The maximum absolute atomic E-state index is 12.9. The number of carbonyl (C=O) groups is 1. The molecule has 7 nitrogen and oxygen atoms in total. The Labute approximate surface area is 193 Å². The highest BCUT2D eigenvalue weighted by Gasteiger charge is 2.19. The van der Waals surface area contributed by atoms with Gasteiger partial charge in [-0.15, -0.1) is 0 Å². The fourth-order valence-electron chi connectivity index (χ4n) is 3.68. The lowest BCUT2D eigenvalue weighted by molar-refractivity contribution is 0.236. The van der Waals surface area contributed by atoms with Crippen LogP contribution in [0.15, 0.2) is 72.8 Å². The number of fused-ring (bicyclic) bond motifs is 1. The van der Waals surface area contributed by atoms with Crippen LogP contribution in [0.25, 0.3) is 11.0 Å². The molecule has 2 amide bonds. The molecule has 4 rings (SSSR count). The minimum Gasteiger partial charge on any atom is -0.497 e. The molecule has 170 valence electrons. The Hall–Kier alpha value is -4.00. The fourth-order valence-corrected chi connectivity index (χ4v) is 3.68. The normalized spacial score (nSPS) is 11.7. The molecule has 4 aromatic rings. The number of benzene rings is 3. The maximum atomic E-state index is 12.9. The van der Waals surface area contributed by atoms with Crippen molar-refractivity contribution in [2.45, 2.75) is 25.9 Å². The van der Waals surface area contributed by atoms with Gasteiger partial charge in [-0.1, -0.05) is 42.5 Å². The number of aromatic amines is 1. The minimum atomic E-state index is -0.340. The van der Waals surface area contributed by atoms with Gasteiger partial charge in [-0.25, -0.2) is 9.78 Å². The van der Waals surface area contributed by atoms with Crippen LogP contribution in [0.2, 0.25) is 0 Å². The minimum absolute atomic E-state index is 0.278. The van der Waals surface area contributed by atoms with Crippen LogP contribution >= 0.6 is 0 Å². The van der Waals surface area contributed by atoms with Crippen LogP contribution < -0.4 is 20.1 Å². The molecule has 0 radical (unpaired) electrons. The second kappa shape index (κ2) is 10.5. The zero-order chi connectivity index (χ0) is 23.0. The second-order valence-electron chi connectivity index (χ2n) is 7.61. The van der Waals surface area contributed by atoms with Crippen LogP contribution in [-0.4, -0.2) is 29.7 Å². The number of amides is 2. The molecule has 0 fully saturated rings. The number of methoxy groups -OCH3 is 1. The van der Waals surface area contributed by atoms with Crippen LogP contribution in [0.3, 0.4) is 0 Å². The first-order valence-electron chi connectivity index (χ1n) is 11.0. The molecule has 1 heterocycles. The lowest BCUT2D eigenvalue weighted by Crippen LogP contribution is -2.38. The van der Waals surface area contributed by atoms with Crippen molar-refractivity contribution in [2.75, 3.05) is 13.7 Å². The van der Waals surface area contributed by atoms with E-state index in [9.17, 15) is 4.79 Å². The van der Waals surface area contributed by atoms with E-state index in [2.05, 4.69) is 15.6 Å². The van der Waals surface area contributed by atoms with Crippen LogP contribution in [0.1, 0.15) is 29.9 Å². The molecule has 0 unspecified atom stereocenters. The average molecular weight is 445 g/mol. The van der Waals surface area contributed by atoms with Crippen LogP contribution in [0.5, 0.6) is 11.5 Å². The Morgan fingerprint density at radius 1 is 1.03 bits per heavy atom. The van der Waals surface area contributed by atoms with Crippen molar-refractivity contribution in [2.24, 2.45) is 0 Å². The summed E-state index contributed by atoms with van der Waals surface area (Å²) >= 11 is 0. The summed E-state index contributed by atoms with van der Waals surface area (Å²) in [6.07, 6.45) is 0.576. The van der Waals surface area contributed by atoms with E-state index in [0.717, 1.165) is 33.7 Å². The Balaban J connectivity index is 1.50. The predicted octanol–water partition coefficient (Wildman–Crippen LogP) is 4.75. The van der Waals surface area contributed by atoms with Gasteiger partial charge in [0.15, 0.2) is 0 Å². The van der Waals surface area contributed by atoms with Gasteiger partial charge in [-0.3, -0.25) is 0 Å². The molecular weight excluding hydrogens is 416 g/mol. The summed E-state index contributed by atoms with van der Waals surface area (Å²) in [5.74, 6) is 2.27. The predicted molar refractivity (Wildman–Crippen MR) is 129 cm³/mol. The molecule has 3 aromatic carbocycles. The zero-order valence-corrected chi connectivity index (χ0v) is 18.8. The quantitative estimate of drug-likeness (QED) is 0.348. The van der Waals surface area contributed by atoms with Gasteiger partial charge in [0.25, 0.3) is 0 Å². The Morgan fingerprint density at radius 2 is 1.79 bits per heavy atom. The van der Waals surface area contributed by atoms with Gasteiger partial charge in [0.2, 0.25) is 0 Å². The molecule has 0 saturated carbocycles. The highest BCUT2D eigenvalue weighted by molar-refractivity contribution is 5.76. The van der Waals surface area contributed by atoms with Crippen LogP contribution in [0.4, 0.5) is 4.79 Å². The van der Waals surface area contributed by atoms with Crippen molar-refractivity contribution < 1.29 is 14.3 Å². The summed E-state index contributed by atoms with van der Waals surface area (Å²) in [6.45, 7) is 2.87. The molecule has 1 aromatic heterocycles. The highest BCUT2D eigenvalue weighted by Crippen LogP contribution is 2.22. The van der Waals surface area contributed by atoms with Crippen molar-refractivity contribution in [3.8, 4) is 11.5 Å². The molecule has 0 spiro atoms. The number of H-pyrrole nitrogens is 1. The average Bonchev–Trinajstić information content (AvgIpc) is 3.28. The number of urea groups is 1. The molecule has 1 atom stereocenters. The van der Waals surface area contributed by atoms with Gasteiger partial charge in [0, 0.05) is 12.1 Å². The van der Waals surface area contributed by atoms with Crippen LogP contribution in [-0.2, 0) is 13.0 Å². The molecule has 0 aliphatic rings. The second-order valence-corrected chi connectivity index (χ2v) is 7.61. The fraction of sp³-hybridized carbons (Fsp3) is 0.231. The number of rotatable bonds is 9. The molecule has 0 saturated heterocycles. The highest BCUT2D eigenvalue weighted by atomic mass is 16.5. The number of aromatic nitrogens is 2. The monoisotopic (exact) mass is 444 g/mol. The SMILES string of the molecule is CCOc1ccccc1CNC(=O)N[C@H](Cc1ccc(OC)cc1)c1nc2ccccc2[nH]1. The smallest absolute Gasteiger partial charge is 0.315 e. The molecule has 33 heavy (non-hydrogen) atoms. The number of nitrogens with zero attached hydrogens (tertiary/aromatic N) is 1. The Kier molecular flexibility index (Phi) is 7.09. The number of hydrogen-bond acceptors (Lipinski definition) is 4. The molecule has 7 heteroatoms. The molecule has 0 aliphatic heterocycles. The number of imidazole rings is 1. The van der Waals surface area contributed by atoms with Gasteiger partial charge in [0.05, 0.1) is 30.8 Å². The van der Waals surface area contributed by atoms with E-state index in [1.165, 1.54) is 0 Å². The number of para-hydroxylation sites is 3. The summed E-state index contributed by atoms with van der Waals surface area (Å²) in [5, 5.41) is 6.02. The van der Waals surface area contributed by atoms with E-state index in [1.807, 2.05) is 79.7 Å². The third-order valence-electron chi connectivity index (χ3n) is 5.35. The van der Waals surface area contributed by atoms with Gasteiger partial charge < -0.3 is 25.1 Å². The van der Waals surface area contributed by atoms with Gasteiger partial charge >= 0.3 is 6.03 Å². The van der Waals surface area contributed by atoms with E-state index in [4.69, 9.17) is 14.5 Å². The summed E-state index contributed by atoms with van der Waals surface area (Å²) in [6, 6.07) is 22.7.